The Kier molecular flexibility index (Phi) is 3.82. The van der Waals surface area contributed by atoms with E-state index in [1.165, 1.54) is 18.5 Å². The van der Waals surface area contributed by atoms with Crippen molar-refractivity contribution in [3.8, 4) is 0 Å². The maximum Gasteiger partial charge on any atom is 0.242 e. The van der Waals surface area contributed by atoms with Crippen LogP contribution < -0.4 is 10.0 Å². The molecule has 0 aliphatic heterocycles. The largest absolute Gasteiger partial charge is 0.445 e. The van der Waals surface area contributed by atoms with Gasteiger partial charge in [0.25, 0.3) is 0 Å². The molecular formula is C11H14N4O3S. The number of hydrogen-bond acceptors (Lipinski definition) is 6. The third-order valence-electron chi connectivity index (χ3n) is 2.39. The third kappa shape index (κ3) is 3.30. The zero-order chi connectivity index (χ0) is 13.9. The molecule has 0 radical (unpaired) electrons. The SMILES string of the molecule is CNc1ccc(S(=O)(=O)NCc2ncc(C)o2)cn1. The number of rotatable bonds is 5. The van der Waals surface area contributed by atoms with Gasteiger partial charge in [-0.15, -0.1) is 0 Å². The highest BCUT2D eigenvalue weighted by Crippen LogP contribution is 2.11. The molecule has 19 heavy (non-hydrogen) atoms. The second-order valence-corrected chi connectivity index (χ2v) is 5.59. The Morgan fingerprint density at radius 1 is 1.26 bits per heavy atom. The summed E-state index contributed by atoms with van der Waals surface area (Å²) in [6, 6.07) is 3.06. The Labute approximate surface area is 111 Å². The average Bonchev–Trinajstić information content (AvgIpc) is 2.82. The van der Waals surface area contributed by atoms with Gasteiger partial charge in [-0.25, -0.2) is 23.1 Å². The van der Waals surface area contributed by atoms with E-state index in [2.05, 4.69) is 20.0 Å². The molecule has 2 aromatic rings. The molecule has 8 heteroatoms. The second kappa shape index (κ2) is 5.37. The highest BCUT2D eigenvalue weighted by atomic mass is 32.2. The summed E-state index contributed by atoms with van der Waals surface area (Å²) in [4.78, 5) is 7.97. The first-order valence-electron chi connectivity index (χ1n) is 5.56. The summed E-state index contributed by atoms with van der Waals surface area (Å²) < 4.78 is 31.5. The van der Waals surface area contributed by atoms with Gasteiger partial charge < -0.3 is 9.73 Å². The van der Waals surface area contributed by atoms with Crippen LogP contribution >= 0.6 is 0 Å². The van der Waals surface area contributed by atoms with Crippen LogP contribution in [0.5, 0.6) is 0 Å². The van der Waals surface area contributed by atoms with Crippen molar-refractivity contribution in [2.75, 3.05) is 12.4 Å². The molecule has 2 heterocycles. The number of aryl methyl sites for hydroxylation is 1. The van der Waals surface area contributed by atoms with Crippen LogP contribution in [-0.4, -0.2) is 25.4 Å². The number of nitrogens with one attached hydrogen (secondary N) is 2. The summed E-state index contributed by atoms with van der Waals surface area (Å²) in [6.07, 6.45) is 2.82. The fourth-order valence-electron chi connectivity index (χ4n) is 1.41. The number of pyridine rings is 1. The molecule has 0 bridgehead atoms. The van der Waals surface area contributed by atoms with Gasteiger partial charge in [-0.2, -0.15) is 0 Å². The molecule has 0 aliphatic rings. The summed E-state index contributed by atoms with van der Waals surface area (Å²) in [5.74, 6) is 1.55. The van der Waals surface area contributed by atoms with E-state index in [0.717, 1.165) is 0 Å². The third-order valence-corrected chi connectivity index (χ3v) is 3.77. The standard InChI is InChI=1S/C11H14N4O3S/c1-8-5-14-11(18-8)7-15-19(16,17)9-3-4-10(12-2)13-6-9/h3-6,15H,7H2,1-2H3,(H,12,13). The Morgan fingerprint density at radius 2 is 2.05 bits per heavy atom. The lowest BCUT2D eigenvalue weighted by Gasteiger charge is -2.05. The van der Waals surface area contributed by atoms with Gasteiger partial charge in [0.2, 0.25) is 15.9 Å². The molecular weight excluding hydrogens is 268 g/mol. The monoisotopic (exact) mass is 282 g/mol. The smallest absolute Gasteiger partial charge is 0.242 e. The van der Waals surface area contributed by atoms with Gasteiger partial charge in [-0.05, 0) is 19.1 Å². The van der Waals surface area contributed by atoms with Crippen molar-refractivity contribution in [2.45, 2.75) is 18.4 Å². The van der Waals surface area contributed by atoms with Crippen molar-refractivity contribution in [3.63, 3.8) is 0 Å². The molecule has 0 aliphatic carbocycles. The van der Waals surface area contributed by atoms with E-state index in [9.17, 15) is 8.42 Å². The normalized spacial score (nSPS) is 11.5. The van der Waals surface area contributed by atoms with E-state index in [4.69, 9.17) is 4.42 Å². The van der Waals surface area contributed by atoms with E-state index in [1.807, 2.05) is 0 Å². The molecule has 0 amide bonds. The van der Waals surface area contributed by atoms with Crippen molar-refractivity contribution >= 4 is 15.8 Å². The molecule has 0 spiro atoms. The molecule has 0 saturated heterocycles. The fourth-order valence-corrected chi connectivity index (χ4v) is 2.33. The van der Waals surface area contributed by atoms with Gasteiger partial charge in [-0.3, -0.25) is 0 Å². The van der Waals surface area contributed by atoms with Crippen molar-refractivity contribution in [3.05, 3.63) is 36.2 Å². The first-order valence-corrected chi connectivity index (χ1v) is 7.04. The van der Waals surface area contributed by atoms with Crippen LogP contribution in [0.1, 0.15) is 11.7 Å². The topological polar surface area (TPSA) is 97.1 Å². The minimum Gasteiger partial charge on any atom is -0.445 e. The van der Waals surface area contributed by atoms with Crippen LogP contribution in [0.15, 0.2) is 33.8 Å². The molecule has 2 aromatic heterocycles. The van der Waals surface area contributed by atoms with Gasteiger partial charge in [0.1, 0.15) is 16.5 Å². The second-order valence-electron chi connectivity index (χ2n) is 3.82. The van der Waals surface area contributed by atoms with Crippen LogP contribution in [0.4, 0.5) is 5.82 Å². The Balaban J connectivity index is 2.09. The molecule has 102 valence electrons. The van der Waals surface area contributed by atoms with Gasteiger partial charge >= 0.3 is 0 Å². The molecule has 0 aromatic carbocycles. The quantitative estimate of drug-likeness (QED) is 0.845. The van der Waals surface area contributed by atoms with E-state index in [1.54, 1.807) is 20.0 Å². The van der Waals surface area contributed by atoms with E-state index < -0.39 is 10.0 Å². The fraction of sp³-hybridized carbons (Fsp3) is 0.273. The van der Waals surface area contributed by atoms with E-state index in [0.29, 0.717) is 17.5 Å². The van der Waals surface area contributed by atoms with E-state index >= 15 is 0 Å². The summed E-state index contributed by atoms with van der Waals surface area (Å²) in [5.41, 5.74) is 0. The molecule has 0 saturated carbocycles. The lowest BCUT2D eigenvalue weighted by Crippen LogP contribution is -2.23. The zero-order valence-electron chi connectivity index (χ0n) is 10.5. The van der Waals surface area contributed by atoms with Gasteiger partial charge in [0.15, 0.2) is 0 Å². The Bertz CT molecular complexity index is 649. The van der Waals surface area contributed by atoms with E-state index in [-0.39, 0.29) is 11.4 Å². The minimum atomic E-state index is -3.61. The number of anilines is 1. The molecule has 0 fully saturated rings. The lowest BCUT2D eigenvalue weighted by molar-refractivity contribution is 0.463. The van der Waals surface area contributed by atoms with Crippen LogP contribution in [0, 0.1) is 6.92 Å². The van der Waals surface area contributed by atoms with Crippen LogP contribution in [-0.2, 0) is 16.6 Å². The number of hydrogen-bond donors (Lipinski definition) is 2. The summed E-state index contributed by atoms with van der Waals surface area (Å²) >= 11 is 0. The number of sulfonamides is 1. The maximum atomic E-state index is 12.0. The highest BCUT2D eigenvalue weighted by Gasteiger charge is 2.15. The average molecular weight is 282 g/mol. The zero-order valence-corrected chi connectivity index (χ0v) is 11.4. The predicted octanol–water partition coefficient (Wildman–Crippen LogP) is 0.898. The van der Waals surface area contributed by atoms with Crippen molar-refractivity contribution in [1.29, 1.82) is 0 Å². The highest BCUT2D eigenvalue weighted by molar-refractivity contribution is 7.89. The summed E-state index contributed by atoms with van der Waals surface area (Å²) in [7, 11) is -1.91. The number of oxazole rings is 1. The van der Waals surface area contributed by atoms with Gasteiger partial charge in [-0.1, -0.05) is 0 Å². The van der Waals surface area contributed by atoms with Gasteiger partial charge in [0, 0.05) is 13.2 Å². The summed E-state index contributed by atoms with van der Waals surface area (Å²) in [5, 5.41) is 2.81. The molecule has 0 atom stereocenters. The van der Waals surface area contributed by atoms with Crippen molar-refractivity contribution in [2.24, 2.45) is 0 Å². The molecule has 0 unspecified atom stereocenters. The molecule has 7 nitrogen and oxygen atoms in total. The summed E-state index contributed by atoms with van der Waals surface area (Å²) in [6.45, 7) is 1.75. The molecule has 2 N–H and O–H groups in total. The van der Waals surface area contributed by atoms with Crippen molar-refractivity contribution in [1.82, 2.24) is 14.7 Å². The minimum absolute atomic E-state index is 0.00392. The number of nitrogens with zero attached hydrogens (tertiary/aromatic N) is 2. The van der Waals surface area contributed by atoms with Gasteiger partial charge in [0.05, 0.1) is 12.7 Å². The lowest BCUT2D eigenvalue weighted by atomic mass is 10.5. The first kappa shape index (κ1) is 13.5. The Hall–Kier alpha value is -1.93. The first-order chi connectivity index (χ1) is 9.01. The maximum absolute atomic E-state index is 12.0. The van der Waals surface area contributed by atoms with Crippen molar-refractivity contribution < 1.29 is 12.8 Å². The van der Waals surface area contributed by atoms with Crippen LogP contribution in [0.3, 0.4) is 0 Å². The Morgan fingerprint density at radius 3 is 2.58 bits per heavy atom. The number of aromatic nitrogens is 2. The molecule has 2 rings (SSSR count). The predicted molar refractivity (Wildman–Crippen MR) is 69.0 cm³/mol. The van der Waals surface area contributed by atoms with Crippen LogP contribution in [0.2, 0.25) is 0 Å². The van der Waals surface area contributed by atoms with Crippen LogP contribution in [0.25, 0.3) is 0 Å².